The van der Waals surface area contributed by atoms with Crippen molar-refractivity contribution in [2.24, 2.45) is 5.73 Å². The van der Waals surface area contributed by atoms with Gasteiger partial charge in [0.15, 0.2) is 11.5 Å². The zero-order valence-electron chi connectivity index (χ0n) is 9.09. The number of hydrogen-bond acceptors (Lipinski definition) is 3. The number of halogens is 2. The molecule has 0 aromatic heterocycles. The van der Waals surface area contributed by atoms with E-state index in [1.54, 1.807) is 12.2 Å². The summed E-state index contributed by atoms with van der Waals surface area (Å²) in [5.41, 5.74) is 5.71. The third kappa shape index (κ3) is 2.54. The molecule has 5 heteroatoms. The van der Waals surface area contributed by atoms with Crippen LogP contribution in [0.3, 0.4) is 0 Å². The van der Waals surface area contributed by atoms with Crippen molar-refractivity contribution in [3.63, 3.8) is 0 Å². The fourth-order valence-corrected chi connectivity index (χ4v) is 1.95. The summed E-state index contributed by atoms with van der Waals surface area (Å²) in [6.07, 6.45) is 3.26. The lowest BCUT2D eigenvalue weighted by Crippen LogP contribution is -1.97. The molecule has 1 aromatic rings. The molecule has 0 radical (unpaired) electrons. The highest BCUT2D eigenvalue weighted by Crippen LogP contribution is 2.39. The Balaban J connectivity index is 3.34. The SMILES string of the molecule is COc1cc(F)c(/C=C/CN)c(Br)c1OC. The van der Waals surface area contributed by atoms with Crippen LogP contribution >= 0.6 is 15.9 Å². The maximum Gasteiger partial charge on any atom is 0.175 e. The van der Waals surface area contributed by atoms with Gasteiger partial charge in [-0.2, -0.15) is 0 Å². The van der Waals surface area contributed by atoms with Crippen LogP contribution in [-0.2, 0) is 0 Å². The van der Waals surface area contributed by atoms with Crippen LogP contribution < -0.4 is 15.2 Å². The summed E-state index contributed by atoms with van der Waals surface area (Å²) >= 11 is 3.28. The van der Waals surface area contributed by atoms with Gasteiger partial charge in [0.25, 0.3) is 0 Å². The zero-order valence-corrected chi connectivity index (χ0v) is 10.7. The second kappa shape index (κ2) is 5.86. The van der Waals surface area contributed by atoms with E-state index in [0.29, 0.717) is 28.1 Å². The number of nitrogens with two attached hydrogens (primary N) is 1. The first kappa shape index (κ1) is 13.0. The molecule has 1 aromatic carbocycles. The van der Waals surface area contributed by atoms with Gasteiger partial charge >= 0.3 is 0 Å². The molecule has 0 bridgehead atoms. The Bertz CT molecular complexity index is 407. The summed E-state index contributed by atoms with van der Waals surface area (Å²) in [5.74, 6) is 0.409. The lowest BCUT2D eigenvalue weighted by Gasteiger charge is -2.12. The molecule has 0 unspecified atom stereocenters. The van der Waals surface area contributed by atoms with E-state index in [1.807, 2.05) is 0 Å². The van der Waals surface area contributed by atoms with Gasteiger partial charge in [-0.25, -0.2) is 4.39 Å². The molecule has 88 valence electrons. The maximum absolute atomic E-state index is 13.7. The average Bonchev–Trinajstić information content (AvgIpc) is 2.28. The molecule has 0 aliphatic carbocycles. The van der Waals surface area contributed by atoms with Gasteiger partial charge in [0, 0.05) is 18.2 Å². The highest BCUT2D eigenvalue weighted by atomic mass is 79.9. The van der Waals surface area contributed by atoms with E-state index in [-0.39, 0.29) is 0 Å². The topological polar surface area (TPSA) is 44.5 Å². The number of hydrogen-bond donors (Lipinski definition) is 1. The Kier molecular flexibility index (Phi) is 4.76. The molecule has 16 heavy (non-hydrogen) atoms. The molecule has 0 aliphatic rings. The number of ether oxygens (including phenoxy) is 2. The van der Waals surface area contributed by atoms with Gasteiger partial charge in [-0.3, -0.25) is 0 Å². The molecule has 0 amide bonds. The summed E-state index contributed by atoms with van der Waals surface area (Å²) in [7, 11) is 2.95. The highest BCUT2D eigenvalue weighted by molar-refractivity contribution is 9.10. The minimum Gasteiger partial charge on any atom is -0.493 e. The molecule has 0 spiro atoms. The van der Waals surface area contributed by atoms with Crippen LogP contribution in [0, 0.1) is 5.82 Å². The van der Waals surface area contributed by atoms with E-state index in [0.717, 1.165) is 0 Å². The Hall–Kier alpha value is -1.07. The molecule has 0 fully saturated rings. The monoisotopic (exact) mass is 289 g/mol. The number of benzene rings is 1. The Morgan fingerprint density at radius 1 is 1.44 bits per heavy atom. The van der Waals surface area contributed by atoms with Crippen molar-refractivity contribution < 1.29 is 13.9 Å². The summed E-state index contributed by atoms with van der Waals surface area (Å²) in [6.45, 7) is 0.347. The standard InChI is InChI=1S/C11H13BrFNO2/c1-15-9-6-8(13)7(4-3-5-14)10(12)11(9)16-2/h3-4,6H,5,14H2,1-2H3/b4-3+. The Labute approximate surface area is 102 Å². The van der Waals surface area contributed by atoms with Crippen molar-refractivity contribution in [1.29, 1.82) is 0 Å². The van der Waals surface area contributed by atoms with Gasteiger partial charge in [-0.05, 0) is 15.9 Å². The summed E-state index contributed by atoms with van der Waals surface area (Å²) in [4.78, 5) is 0. The second-order valence-electron chi connectivity index (χ2n) is 2.96. The largest absolute Gasteiger partial charge is 0.493 e. The minimum atomic E-state index is -0.394. The summed E-state index contributed by atoms with van der Waals surface area (Å²) < 4.78 is 24.3. The van der Waals surface area contributed by atoms with Crippen LogP contribution in [0.5, 0.6) is 11.5 Å². The molecule has 1 rings (SSSR count). The average molecular weight is 290 g/mol. The summed E-state index contributed by atoms with van der Waals surface area (Å²) in [5, 5.41) is 0. The second-order valence-corrected chi connectivity index (χ2v) is 3.75. The van der Waals surface area contributed by atoms with Crippen molar-refractivity contribution in [3.8, 4) is 11.5 Å². The molecule has 3 nitrogen and oxygen atoms in total. The quantitative estimate of drug-likeness (QED) is 0.927. The lowest BCUT2D eigenvalue weighted by atomic mass is 10.1. The van der Waals surface area contributed by atoms with Crippen molar-refractivity contribution in [2.75, 3.05) is 20.8 Å². The molecule has 0 atom stereocenters. The smallest absolute Gasteiger partial charge is 0.175 e. The predicted octanol–water partition coefficient (Wildman–Crippen LogP) is 2.58. The summed E-state index contributed by atoms with van der Waals surface area (Å²) in [6, 6.07) is 1.28. The zero-order chi connectivity index (χ0) is 12.1. The molecule has 0 heterocycles. The van der Waals surface area contributed by atoms with Crippen molar-refractivity contribution in [3.05, 3.63) is 28.0 Å². The normalized spacial score (nSPS) is 10.8. The predicted molar refractivity (Wildman–Crippen MR) is 65.3 cm³/mol. The van der Waals surface area contributed by atoms with E-state index >= 15 is 0 Å². The Morgan fingerprint density at radius 3 is 2.62 bits per heavy atom. The Morgan fingerprint density at radius 2 is 2.12 bits per heavy atom. The molecular formula is C11H13BrFNO2. The molecule has 0 saturated carbocycles. The van der Waals surface area contributed by atoms with Crippen LogP contribution in [-0.4, -0.2) is 20.8 Å². The van der Waals surface area contributed by atoms with Gasteiger partial charge < -0.3 is 15.2 Å². The third-order valence-electron chi connectivity index (χ3n) is 2.02. The van der Waals surface area contributed by atoms with Gasteiger partial charge in [0.2, 0.25) is 0 Å². The van der Waals surface area contributed by atoms with E-state index in [9.17, 15) is 4.39 Å². The first-order valence-corrected chi connectivity index (χ1v) is 5.41. The lowest BCUT2D eigenvalue weighted by molar-refractivity contribution is 0.350. The maximum atomic E-state index is 13.7. The molecule has 0 saturated heterocycles. The fraction of sp³-hybridized carbons (Fsp3) is 0.273. The van der Waals surface area contributed by atoms with Gasteiger partial charge in [0.05, 0.1) is 18.7 Å². The first-order chi connectivity index (χ1) is 7.65. The minimum absolute atomic E-state index is 0.344. The van der Waals surface area contributed by atoms with E-state index in [1.165, 1.54) is 20.3 Å². The number of methoxy groups -OCH3 is 2. The van der Waals surface area contributed by atoms with Crippen LogP contribution in [0.25, 0.3) is 6.08 Å². The van der Waals surface area contributed by atoms with Crippen molar-refractivity contribution in [1.82, 2.24) is 0 Å². The van der Waals surface area contributed by atoms with Crippen LogP contribution in [0.1, 0.15) is 5.56 Å². The van der Waals surface area contributed by atoms with Crippen LogP contribution in [0.4, 0.5) is 4.39 Å². The van der Waals surface area contributed by atoms with E-state index in [2.05, 4.69) is 15.9 Å². The van der Waals surface area contributed by atoms with Crippen LogP contribution in [0.2, 0.25) is 0 Å². The van der Waals surface area contributed by atoms with Crippen molar-refractivity contribution >= 4 is 22.0 Å². The molecule has 2 N–H and O–H groups in total. The van der Waals surface area contributed by atoms with E-state index < -0.39 is 5.82 Å². The van der Waals surface area contributed by atoms with Crippen molar-refractivity contribution in [2.45, 2.75) is 0 Å². The van der Waals surface area contributed by atoms with Gasteiger partial charge in [-0.1, -0.05) is 12.2 Å². The van der Waals surface area contributed by atoms with E-state index in [4.69, 9.17) is 15.2 Å². The van der Waals surface area contributed by atoms with Gasteiger partial charge in [0.1, 0.15) is 5.82 Å². The van der Waals surface area contributed by atoms with Crippen LogP contribution in [0.15, 0.2) is 16.6 Å². The highest BCUT2D eigenvalue weighted by Gasteiger charge is 2.15. The third-order valence-corrected chi connectivity index (χ3v) is 2.81. The molecular weight excluding hydrogens is 277 g/mol. The molecule has 0 aliphatic heterocycles. The number of rotatable bonds is 4. The first-order valence-electron chi connectivity index (χ1n) is 4.62. The fourth-order valence-electron chi connectivity index (χ4n) is 1.27. The van der Waals surface area contributed by atoms with Gasteiger partial charge in [-0.15, -0.1) is 0 Å².